The monoisotopic (exact) mass is 309 g/mol. The van der Waals surface area contributed by atoms with Gasteiger partial charge in [0.05, 0.1) is 5.41 Å². The summed E-state index contributed by atoms with van der Waals surface area (Å²) in [5, 5.41) is 3.15. The highest BCUT2D eigenvalue weighted by Crippen LogP contribution is 2.49. The van der Waals surface area contributed by atoms with Crippen molar-refractivity contribution in [3.8, 4) is 0 Å². The van der Waals surface area contributed by atoms with Crippen LogP contribution in [-0.4, -0.2) is 11.9 Å². The molecule has 1 aromatic rings. The highest BCUT2D eigenvalue weighted by Gasteiger charge is 2.51. The molecule has 0 saturated heterocycles. The van der Waals surface area contributed by atoms with Gasteiger partial charge in [0.1, 0.15) is 0 Å². The van der Waals surface area contributed by atoms with E-state index in [9.17, 15) is 4.79 Å². The molecule has 1 aliphatic rings. The number of halogens is 1. The standard InChI is InChI=1S/C15H20BrNO/c1-10(2)11(3)17-14(18)15(7-8-15)12-5-4-6-13(16)9-12/h4-6,9-11H,7-8H2,1-3H3,(H,17,18). The van der Waals surface area contributed by atoms with Crippen LogP contribution in [0.3, 0.4) is 0 Å². The molecule has 1 N–H and O–H groups in total. The van der Waals surface area contributed by atoms with Crippen LogP contribution in [0.1, 0.15) is 39.2 Å². The molecule has 1 unspecified atom stereocenters. The first-order valence-corrected chi connectivity index (χ1v) is 7.32. The maximum absolute atomic E-state index is 12.4. The van der Waals surface area contributed by atoms with Crippen molar-refractivity contribution >= 4 is 21.8 Å². The van der Waals surface area contributed by atoms with E-state index in [1.54, 1.807) is 0 Å². The Balaban J connectivity index is 2.15. The molecule has 0 radical (unpaired) electrons. The number of hydrogen-bond donors (Lipinski definition) is 1. The third-order valence-corrected chi connectivity index (χ3v) is 4.41. The normalized spacial score (nSPS) is 18.5. The molecule has 1 amide bonds. The van der Waals surface area contributed by atoms with Crippen molar-refractivity contribution in [3.63, 3.8) is 0 Å². The molecule has 3 heteroatoms. The molecule has 1 saturated carbocycles. The van der Waals surface area contributed by atoms with E-state index < -0.39 is 0 Å². The third-order valence-electron chi connectivity index (χ3n) is 3.92. The van der Waals surface area contributed by atoms with Gasteiger partial charge in [-0.2, -0.15) is 0 Å². The van der Waals surface area contributed by atoms with Gasteiger partial charge in [0, 0.05) is 10.5 Å². The fourth-order valence-corrected chi connectivity index (χ4v) is 2.47. The zero-order valence-corrected chi connectivity index (χ0v) is 12.8. The van der Waals surface area contributed by atoms with E-state index >= 15 is 0 Å². The van der Waals surface area contributed by atoms with Crippen LogP contribution in [0.5, 0.6) is 0 Å². The molecule has 2 nitrogen and oxygen atoms in total. The Kier molecular flexibility index (Phi) is 3.81. The first-order chi connectivity index (χ1) is 8.45. The van der Waals surface area contributed by atoms with Gasteiger partial charge in [-0.25, -0.2) is 0 Å². The van der Waals surface area contributed by atoms with E-state index in [2.05, 4.69) is 54.2 Å². The van der Waals surface area contributed by atoms with E-state index in [0.717, 1.165) is 22.9 Å². The predicted molar refractivity (Wildman–Crippen MR) is 77.5 cm³/mol. The topological polar surface area (TPSA) is 29.1 Å². The van der Waals surface area contributed by atoms with Crippen molar-refractivity contribution in [3.05, 3.63) is 34.3 Å². The SMILES string of the molecule is CC(C)C(C)NC(=O)C1(c2cccc(Br)c2)CC1. The van der Waals surface area contributed by atoms with E-state index in [4.69, 9.17) is 0 Å². The van der Waals surface area contributed by atoms with Crippen LogP contribution in [0, 0.1) is 5.92 Å². The van der Waals surface area contributed by atoms with Crippen LogP contribution in [0.2, 0.25) is 0 Å². The molecule has 98 valence electrons. The Bertz CT molecular complexity index is 452. The van der Waals surface area contributed by atoms with Gasteiger partial charge in [0.15, 0.2) is 0 Å². The minimum Gasteiger partial charge on any atom is -0.353 e. The van der Waals surface area contributed by atoms with E-state index in [1.807, 2.05) is 12.1 Å². The van der Waals surface area contributed by atoms with Gasteiger partial charge in [-0.3, -0.25) is 4.79 Å². The lowest BCUT2D eigenvalue weighted by atomic mass is 9.94. The number of carbonyl (C=O) groups excluding carboxylic acids is 1. The first kappa shape index (κ1) is 13.6. The molecule has 18 heavy (non-hydrogen) atoms. The second kappa shape index (κ2) is 5.04. The lowest BCUT2D eigenvalue weighted by molar-refractivity contribution is -0.124. The van der Waals surface area contributed by atoms with Gasteiger partial charge in [-0.05, 0) is 43.4 Å². The molecule has 1 atom stereocenters. The first-order valence-electron chi connectivity index (χ1n) is 6.53. The van der Waals surface area contributed by atoms with Crippen LogP contribution in [0.4, 0.5) is 0 Å². The summed E-state index contributed by atoms with van der Waals surface area (Å²) in [4.78, 5) is 12.4. The highest BCUT2D eigenvalue weighted by atomic mass is 79.9. The maximum Gasteiger partial charge on any atom is 0.230 e. The fourth-order valence-electron chi connectivity index (χ4n) is 2.07. The van der Waals surface area contributed by atoms with E-state index in [0.29, 0.717) is 5.92 Å². The summed E-state index contributed by atoms with van der Waals surface area (Å²) >= 11 is 3.47. The average Bonchev–Trinajstić information content (AvgIpc) is 3.09. The van der Waals surface area contributed by atoms with Crippen molar-refractivity contribution < 1.29 is 4.79 Å². The Morgan fingerprint density at radius 1 is 1.33 bits per heavy atom. The minimum atomic E-state index is -0.271. The van der Waals surface area contributed by atoms with E-state index in [1.165, 1.54) is 0 Å². The van der Waals surface area contributed by atoms with Gasteiger partial charge in [0.25, 0.3) is 0 Å². The summed E-state index contributed by atoms with van der Waals surface area (Å²) in [6.45, 7) is 6.33. The lowest BCUT2D eigenvalue weighted by Gasteiger charge is -2.22. The molecule has 0 aliphatic heterocycles. The van der Waals surface area contributed by atoms with Crippen LogP contribution in [0.15, 0.2) is 28.7 Å². The van der Waals surface area contributed by atoms with Crippen molar-refractivity contribution in [1.29, 1.82) is 0 Å². The number of nitrogens with one attached hydrogen (secondary N) is 1. The quantitative estimate of drug-likeness (QED) is 0.904. The molecule has 0 heterocycles. The molecule has 0 aromatic heterocycles. The molecule has 1 fully saturated rings. The third kappa shape index (κ3) is 2.61. The van der Waals surface area contributed by atoms with Crippen molar-refractivity contribution in [1.82, 2.24) is 5.32 Å². The minimum absolute atomic E-state index is 0.182. The molecule has 1 aliphatic carbocycles. The summed E-state index contributed by atoms with van der Waals surface area (Å²) in [6.07, 6.45) is 1.92. The zero-order chi connectivity index (χ0) is 13.3. The second-order valence-electron chi connectivity index (χ2n) is 5.60. The molecular formula is C15H20BrNO. The van der Waals surface area contributed by atoms with Crippen LogP contribution < -0.4 is 5.32 Å². The van der Waals surface area contributed by atoms with E-state index in [-0.39, 0.29) is 17.4 Å². The van der Waals surface area contributed by atoms with Gasteiger partial charge >= 0.3 is 0 Å². The number of hydrogen-bond acceptors (Lipinski definition) is 1. The van der Waals surface area contributed by atoms with Crippen molar-refractivity contribution in [2.24, 2.45) is 5.92 Å². The van der Waals surface area contributed by atoms with Crippen LogP contribution in [-0.2, 0) is 10.2 Å². The fraction of sp³-hybridized carbons (Fsp3) is 0.533. The summed E-state index contributed by atoms with van der Waals surface area (Å²) < 4.78 is 1.04. The molecular weight excluding hydrogens is 290 g/mol. The Labute approximate surface area is 117 Å². The number of carbonyl (C=O) groups is 1. The number of amides is 1. The largest absolute Gasteiger partial charge is 0.353 e. The lowest BCUT2D eigenvalue weighted by Crippen LogP contribution is -2.42. The highest BCUT2D eigenvalue weighted by molar-refractivity contribution is 9.10. The van der Waals surface area contributed by atoms with Crippen molar-refractivity contribution in [2.45, 2.75) is 45.1 Å². The Morgan fingerprint density at radius 3 is 2.50 bits per heavy atom. The van der Waals surface area contributed by atoms with Gasteiger partial charge in [0.2, 0.25) is 5.91 Å². The zero-order valence-electron chi connectivity index (χ0n) is 11.2. The second-order valence-corrected chi connectivity index (χ2v) is 6.51. The Morgan fingerprint density at radius 2 is 2.00 bits per heavy atom. The van der Waals surface area contributed by atoms with Gasteiger partial charge in [-0.1, -0.05) is 41.9 Å². The van der Waals surface area contributed by atoms with Crippen LogP contribution in [0.25, 0.3) is 0 Å². The maximum atomic E-state index is 12.4. The predicted octanol–water partition coefficient (Wildman–Crippen LogP) is 3.64. The van der Waals surface area contributed by atoms with Gasteiger partial charge in [-0.15, -0.1) is 0 Å². The number of rotatable bonds is 4. The Hall–Kier alpha value is -0.830. The summed E-state index contributed by atoms with van der Waals surface area (Å²) in [5.41, 5.74) is 0.859. The average molecular weight is 310 g/mol. The van der Waals surface area contributed by atoms with Crippen LogP contribution >= 0.6 is 15.9 Å². The van der Waals surface area contributed by atoms with Gasteiger partial charge < -0.3 is 5.32 Å². The summed E-state index contributed by atoms with van der Waals surface area (Å²) in [5.74, 6) is 0.647. The molecule has 0 bridgehead atoms. The summed E-state index contributed by atoms with van der Waals surface area (Å²) in [7, 11) is 0. The number of benzene rings is 1. The molecule has 2 rings (SSSR count). The molecule has 1 aromatic carbocycles. The van der Waals surface area contributed by atoms with Crippen molar-refractivity contribution in [2.75, 3.05) is 0 Å². The smallest absolute Gasteiger partial charge is 0.230 e. The summed E-state index contributed by atoms with van der Waals surface area (Å²) in [6, 6.07) is 8.33. The molecule has 0 spiro atoms.